The molecule has 0 aliphatic carbocycles. The van der Waals surface area contributed by atoms with Gasteiger partial charge in [-0.2, -0.15) is 0 Å². The summed E-state index contributed by atoms with van der Waals surface area (Å²) in [4.78, 5) is 10.8. The molecule has 0 bridgehead atoms. The molecule has 0 aromatic heterocycles. The Balaban J connectivity index is 2.63. The van der Waals surface area contributed by atoms with Gasteiger partial charge in [0.1, 0.15) is 0 Å². The van der Waals surface area contributed by atoms with E-state index in [1.54, 1.807) is 18.2 Å². The van der Waals surface area contributed by atoms with E-state index in [0.29, 0.717) is 22.5 Å². The summed E-state index contributed by atoms with van der Waals surface area (Å²) >= 11 is 0. The van der Waals surface area contributed by atoms with Crippen molar-refractivity contribution in [2.75, 3.05) is 11.5 Å². The molecule has 0 atom stereocenters. The summed E-state index contributed by atoms with van der Waals surface area (Å²) in [6.45, 7) is 0. The van der Waals surface area contributed by atoms with Gasteiger partial charge in [-0.15, -0.1) is 0 Å². The van der Waals surface area contributed by atoms with E-state index in [4.69, 9.17) is 11.5 Å². The Kier molecular flexibility index (Phi) is 2.70. The van der Waals surface area contributed by atoms with E-state index in [0.717, 1.165) is 0 Å². The van der Waals surface area contributed by atoms with Crippen molar-refractivity contribution in [2.45, 2.75) is 0 Å². The Morgan fingerprint density at radius 1 is 0.941 bits per heavy atom. The minimum Gasteiger partial charge on any atom is -0.545 e. The Morgan fingerprint density at radius 3 is 2.24 bits per heavy atom. The van der Waals surface area contributed by atoms with Crippen LogP contribution in [-0.4, -0.2) is 5.97 Å². The van der Waals surface area contributed by atoms with Gasteiger partial charge in [-0.1, -0.05) is 24.3 Å². The second-order valence-electron chi connectivity index (χ2n) is 3.68. The van der Waals surface area contributed by atoms with Crippen LogP contribution in [0.4, 0.5) is 11.4 Å². The first-order valence-electron chi connectivity index (χ1n) is 5.05. The molecule has 0 radical (unpaired) electrons. The largest absolute Gasteiger partial charge is 0.545 e. The molecule has 4 N–H and O–H groups in total. The van der Waals surface area contributed by atoms with Gasteiger partial charge in [0.15, 0.2) is 0 Å². The minimum absolute atomic E-state index is 0.0810. The maximum atomic E-state index is 10.8. The highest BCUT2D eigenvalue weighted by atomic mass is 16.4. The van der Waals surface area contributed by atoms with Gasteiger partial charge in [0.25, 0.3) is 0 Å². The molecule has 2 aromatic carbocycles. The summed E-state index contributed by atoms with van der Waals surface area (Å²) in [6.07, 6.45) is 0. The molecule has 0 unspecified atom stereocenters. The number of para-hydroxylation sites is 1. The van der Waals surface area contributed by atoms with Crippen LogP contribution in [0.1, 0.15) is 10.4 Å². The Bertz CT molecular complexity index is 579. The molecule has 17 heavy (non-hydrogen) atoms. The maximum absolute atomic E-state index is 10.8. The van der Waals surface area contributed by atoms with E-state index >= 15 is 0 Å². The number of carboxylic acids is 1. The SMILES string of the molecule is Nc1ccccc1-c1cc(C(=O)[O-])ccc1N. The number of nitrogens with two attached hydrogens (primary N) is 2. The zero-order chi connectivity index (χ0) is 12.4. The molecule has 0 heterocycles. The van der Waals surface area contributed by atoms with Gasteiger partial charge in [0.05, 0.1) is 5.97 Å². The summed E-state index contributed by atoms with van der Waals surface area (Å²) in [5.41, 5.74) is 14.1. The van der Waals surface area contributed by atoms with E-state index in [9.17, 15) is 9.90 Å². The van der Waals surface area contributed by atoms with Crippen LogP contribution in [0, 0.1) is 0 Å². The van der Waals surface area contributed by atoms with E-state index < -0.39 is 5.97 Å². The predicted octanol–water partition coefficient (Wildman–Crippen LogP) is 0.882. The molecule has 0 amide bonds. The van der Waals surface area contributed by atoms with E-state index in [1.165, 1.54) is 18.2 Å². The van der Waals surface area contributed by atoms with Crippen molar-refractivity contribution in [1.29, 1.82) is 0 Å². The van der Waals surface area contributed by atoms with Crippen LogP contribution in [0.3, 0.4) is 0 Å². The highest BCUT2D eigenvalue weighted by Crippen LogP contribution is 2.31. The van der Waals surface area contributed by atoms with Gasteiger partial charge < -0.3 is 21.4 Å². The smallest absolute Gasteiger partial charge is 0.0715 e. The van der Waals surface area contributed by atoms with Crippen LogP contribution in [0.15, 0.2) is 42.5 Å². The monoisotopic (exact) mass is 227 g/mol. The van der Waals surface area contributed by atoms with Crippen molar-refractivity contribution in [2.24, 2.45) is 0 Å². The highest BCUT2D eigenvalue weighted by molar-refractivity contribution is 5.92. The van der Waals surface area contributed by atoms with Crippen molar-refractivity contribution in [1.82, 2.24) is 0 Å². The topological polar surface area (TPSA) is 92.2 Å². The van der Waals surface area contributed by atoms with E-state index in [-0.39, 0.29) is 5.56 Å². The van der Waals surface area contributed by atoms with Crippen LogP contribution >= 0.6 is 0 Å². The molecule has 0 fully saturated rings. The number of carbonyl (C=O) groups is 1. The van der Waals surface area contributed by atoms with Crippen LogP contribution in [0.5, 0.6) is 0 Å². The average molecular weight is 227 g/mol. The zero-order valence-corrected chi connectivity index (χ0v) is 9.01. The molecule has 4 nitrogen and oxygen atoms in total. The first-order chi connectivity index (χ1) is 8.09. The number of rotatable bonds is 2. The lowest BCUT2D eigenvalue weighted by Gasteiger charge is -2.11. The first-order valence-corrected chi connectivity index (χ1v) is 5.05. The second-order valence-corrected chi connectivity index (χ2v) is 3.68. The van der Waals surface area contributed by atoms with Crippen LogP contribution < -0.4 is 16.6 Å². The molecule has 86 valence electrons. The Hall–Kier alpha value is -2.49. The normalized spacial score (nSPS) is 10.1. The number of hydrogen-bond donors (Lipinski definition) is 2. The molecule has 0 saturated heterocycles. The molecule has 2 aromatic rings. The zero-order valence-electron chi connectivity index (χ0n) is 9.01. The maximum Gasteiger partial charge on any atom is 0.0715 e. The van der Waals surface area contributed by atoms with Crippen molar-refractivity contribution >= 4 is 17.3 Å². The lowest BCUT2D eigenvalue weighted by Crippen LogP contribution is -2.22. The summed E-state index contributed by atoms with van der Waals surface area (Å²) < 4.78 is 0. The molecule has 0 aliphatic rings. The number of carboxylic acid groups (broad SMARTS) is 1. The number of nitrogen functional groups attached to an aromatic ring is 2. The third-order valence-electron chi connectivity index (χ3n) is 2.54. The number of aromatic carboxylic acids is 1. The summed E-state index contributed by atoms with van der Waals surface area (Å²) in [6, 6.07) is 11.6. The molecular weight excluding hydrogens is 216 g/mol. The van der Waals surface area contributed by atoms with E-state index in [2.05, 4.69) is 0 Å². The fraction of sp³-hybridized carbons (Fsp3) is 0. The summed E-state index contributed by atoms with van der Waals surface area (Å²) in [5, 5.41) is 10.8. The van der Waals surface area contributed by atoms with Crippen molar-refractivity contribution in [3.63, 3.8) is 0 Å². The molecular formula is C13H11N2O2-. The number of anilines is 2. The van der Waals surface area contributed by atoms with Gasteiger partial charge in [-0.25, -0.2) is 0 Å². The van der Waals surface area contributed by atoms with Crippen LogP contribution in [-0.2, 0) is 0 Å². The molecule has 0 saturated carbocycles. The number of carbonyl (C=O) groups excluding carboxylic acids is 1. The Morgan fingerprint density at radius 2 is 1.59 bits per heavy atom. The molecule has 4 heteroatoms. The van der Waals surface area contributed by atoms with Crippen molar-refractivity contribution in [3.05, 3.63) is 48.0 Å². The summed E-state index contributed by atoms with van der Waals surface area (Å²) in [7, 11) is 0. The molecule has 2 rings (SSSR count). The van der Waals surface area contributed by atoms with Crippen molar-refractivity contribution < 1.29 is 9.90 Å². The second kappa shape index (κ2) is 4.17. The van der Waals surface area contributed by atoms with E-state index in [1.807, 2.05) is 6.07 Å². The average Bonchev–Trinajstić information content (AvgIpc) is 2.30. The van der Waals surface area contributed by atoms with Crippen LogP contribution in [0.2, 0.25) is 0 Å². The number of hydrogen-bond acceptors (Lipinski definition) is 4. The molecule has 0 aliphatic heterocycles. The quantitative estimate of drug-likeness (QED) is 0.745. The Labute approximate surface area is 98.5 Å². The van der Waals surface area contributed by atoms with Crippen LogP contribution in [0.25, 0.3) is 11.1 Å². The van der Waals surface area contributed by atoms with Crippen molar-refractivity contribution in [3.8, 4) is 11.1 Å². The number of benzene rings is 2. The van der Waals surface area contributed by atoms with Gasteiger partial charge >= 0.3 is 0 Å². The summed E-state index contributed by atoms with van der Waals surface area (Å²) in [5.74, 6) is -1.24. The molecule has 0 spiro atoms. The lowest BCUT2D eigenvalue weighted by molar-refractivity contribution is -0.255. The standard InChI is InChI=1S/C13H12N2O2/c14-11-4-2-1-3-9(11)10-7-8(13(16)17)5-6-12(10)15/h1-7H,14-15H2,(H,16,17)/p-1. The minimum atomic E-state index is -1.24. The van der Waals surface area contributed by atoms with Gasteiger partial charge in [-0.05, 0) is 23.8 Å². The third-order valence-corrected chi connectivity index (χ3v) is 2.54. The van der Waals surface area contributed by atoms with Gasteiger partial charge in [0, 0.05) is 22.5 Å². The van der Waals surface area contributed by atoms with Gasteiger partial charge in [-0.3, -0.25) is 0 Å². The fourth-order valence-corrected chi connectivity index (χ4v) is 1.66. The predicted molar refractivity (Wildman–Crippen MR) is 65.0 cm³/mol. The highest BCUT2D eigenvalue weighted by Gasteiger charge is 2.07. The first kappa shape index (κ1) is 11.0. The van der Waals surface area contributed by atoms with Gasteiger partial charge in [0.2, 0.25) is 0 Å². The fourth-order valence-electron chi connectivity index (χ4n) is 1.66. The lowest BCUT2D eigenvalue weighted by atomic mass is 10.00. The third kappa shape index (κ3) is 2.06.